The average Bonchev–Trinajstić information content (AvgIpc) is 2.33. The molecule has 116 valence electrons. The molecule has 0 fully saturated rings. The highest BCUT2D eigenvalue weighted by atomic mass is 127. The van der Waals surface area contributed by atoms with Crippen LogP contribution in [0.25, 0.3) is 0 Å². The van der Waals surface area contributed by atoms with Crippen molar-refractivity contribution in [1.82, 2.24) is 5.32 Å². The summed E-state index contributed by atoms with van der Waals surface area (Å²) in [6.45, 7) is 9.18. The van der Waals surface area contributed by atoms with Crippen LogP contribution >= 0.6 is 22.6 Å². The van der Waals surface area contributed by atoms with Gasteiger partial charge in [0.05, 0.1) is 0 Å². The molecule has 0 heterocycles. The van der Waals surface area contributed by atoms with Gasteiger partial charge in [0.2, 0.25) is 0 Å². The molecule has 0 aliphatic carbocycles. The molecule has 0 aromatic heterocycles. The van der Waals surface area contributed by atoms with E-state index in [-0.39, 0.29) is 11.8 Å². The minimum atomic E-state index is -0.656. The first kappa shape index (κ1) is 17.9. The second-order valence-electron chi connectivity index (χ2n) is 6.24. The summed E-state index contributed by atoms with van der Waals surface area (Å²) < 4.78 is 6.41. The topological polar surface area (TPSA) is 55.4 Å². The van der Waals surface area contributed by atoms with E-state index < -0.39 is 17.6 Å². The highest BCUT2D eigenvalue weighted by Crippen LogP contribution is 2.13. The van der Waals surface area contributed by atoms with Crippen LogP contribution in [0.2, 0.25) is 0 Å². The van der Waals surface area contributed by atoms with Gasteiger partial charge in [0, 0.05) is 9.13 Å². The Balaban J connectivity index is 2.81. The molecule has 5 heteroatoms. The number of hydrogen-bond acceptors (Lipinski definition) is 3. The van der Waals surface area contributed by atoms with Gasteiger partial charge in [-0.25, -0.2) is 4.79 Å². The molecule has 4 nitrogen and oxygen atoms in total. The van der Waals surface area contributed by atoms with Crippen molar-refractivity contribution in [2.45, 2.75) is 46.3 Å². The molecule has 0 bridgehead atoms. The molecule has 0 saturated carbocycles. The third-order valence-corrected chi connectivity index (χ3v) is 3.44. The van der Waals surface area contributed by atoms with E-state index in [1.165, 1.54) is 0 Å². The summed E-state index contributed by atoms with van der Waals surface area (Å²) in [5.41, 5.74) is -0.0396. The van der Waals surface area contributed by atoms with Crippen molar-refractivity contribution < 1.29 is 14.3 Å². The Morgan fingerprint density at radius 1 is 1.14 bits per heavy atom. The summed E-state index contributed by atoms with van der Waals surface area (Å²) in [6, 6.07) is 6.53. The molecule has 1 atom stereocenters. The standard InChI is InChI=1S/C16H22INO3/c1-10(2)13(15(20)21-16(3,4)5)18-14(19)11-6-8-12(17)9-7-11/h6-10,13H,1-5H3,(H,18,19)/t13-/m1/s1. The predicted molar refractivity (Wildman–Crippen MR) is 91.1 cm³/mol. The van der Waals surface area contributed by atoms with E-state index in [1.54, 1.807) is 12.1 Å². The molecule has 0 spiro atoms. The lowest BCUT2D eigenvalue weighted by Crippen LogP contribution is -2.47. The minimum absolute atomic E-state index is 0.0485. The van der Waals surface area contributed by atoms with Crippen LogP contribution in [-0.2, 0) is 9.53 Å². The zero-order valence-corrected chi connectivity index (χ0v) is 15.2. The van der Waals surface area contributed by atoms with Crippen LogP contribution in [0.15, 0.2) is 24.3 Å². The van der Waals surface area contributed by atoms with E-state index in [1.807, 2.05) is 46.8 Å². The second kappa shape index (κ2) is 7.24. The molecule has 1 rings (SSSR count). The number of nitrogens with one attached hydrogen (secondary N) is 1. The van der Waals surface area contributed by atoms with Crippen LogP contribution < -0.4 is 5.32 Å². The molecule has 0 aliphatic rings. The van der Waals surface area contributed by atoms with Crippen LogP contribution in [0.4, 0.5) is 0 Å². The second-order valence-corrected chi connectivity index (χ2v) is 7.48. The predicted octanol–water partition coefficient (Wildman–Crippen LogP) is 3.39. The highest BCUT2D eigenvalue weighted by Gasteiger charge is 2.29. The molecule has 1 N–H and O–H groups in total. The number of ether oxygens (including phenoxy) is 1. The lowest BCUT2D eigenvalue weighted by atomic mass is 10.0. The molecule has 0 unspecified atom stereocenters. The maximum Gasteiger partial charge on any atom is 0.329 e. The summed E-state index contributed by atoms with van der Waals surface area (Å²) in [4.78, 5) is 24.4. The first-order chi connectivity index (χ1) is 9.60. The van der Waals surface area contributed by atoms with Crippen LogP contribution in [0.5, 0.6) is 0 Å². The number of esters is 1. The largest absolute Gasteiger partial charge is 0.458 e. The summed E-state index contributed by atoms with van der Waals surface area (Å²) in [5.74, 6) is -0.722. The van der Waals surface area contributed by atoms with Gasteiger partial charge in [0.1, 0.15) is 11.6 Å². The Hall–Kier alpha value is -1.11. The van der Waals surface area contributed by atoms with Crippen molar-refractivity contribution in [2.24, 2.45) is 5.92 Å². The number of hydrogen-bond donors (Lipinski definition) is 1. The van der Waals surface area contributed by atoms with E-state index >= 15 is 0 Å². The zero-order valence-electron chi connectivity index (χ0n) is 13.1. The van der Waals surface area contributed by atoms with Crippen LogP contribution in [0.3, 0.4) is 0 Å². The Morgan fingerprint density at radius 2 is 1.67 bits per heavy atom. The van der Waals surface area contributed by atoms with E-state index in [0.29, 0.717) is 5.56 Å². The fourth-order valence-corrected chi connectivity index (χ4v) is 2.05. The third kappa shape index (κ3) is 6.03. The lowest BCUT2D eigenvalue weighted by Gasteiger charge is -2.26. The fraction of sp³-hybridized carbons (Fsp3) is 0.500. The van der Waals surface area contributed by atoms with Gasteiger partial charge in [-0.2, -0.15) is 0 Å². The van der Waals surface area contributed by atoms with Crippen molar-refractivity contribution in [1.29, 1.82) is 0 Å². The summed E-state index contributed by atoms with van der Waals surface area (Å²) in [6.07, 6.45) is 0. The molecule has 0 saturated heterocycles. The van der Waals surface area contributed by atoms with Gasteiger partial charge >= 0.3 is 5.97 Å². The average molecular weight is 403 g/mol. The van der Waals surface area contributed by atoms with Crippen molar-refractivity contribution >= 4 is 34.5 Å². The number of benzene rings is 1. The number of halogens is 1. The highest BCUT2D eigenvalue weighted by molar-refractivity contribution is 14.1. The summed E-state index contributed by atoms with van der Waals surface area (Å²) in [7, 11) is 0. The SMILES string of the molecule is CC(C)[C@@H](NC(=O)c1ccc(I)cc1)C(=O)OC(C)(C)C. The van der Waals surface area contributed by atoms with Gasteiger partial charge < -0.3 is 10.1 Å². The third-order valence-electron chi connectivity index (χ3n) is 2.72. The zero-order chi connectivity index (χ0) is 16.2. The van der Waals surface area contributed by atoms with E-state index in [9.17, 15) is 9.59 Å². The Labute approximate surface area is 139 Å². The first-order valence-corrected chi connectivity index (χ1v) is 7.97. The minimum Gasteiger partial charge on any atom is -0.458 e. The lowest BCUT2D eigenvalue weighted by molar-refractivity contribution is -0.158. The van der Waals surface area contributed by atoms with Crippen molar-refractivity contribution in [3.05, 3.63) is 33.4 Å². The van der Waals surface area contributed by atoms with Gasteiger partial charge in [0.25, 0.3) is 5.91 Å². The maximum atomic E-state index is 12.2. The van der Waals surface area contributed by atoms with Crippen molar-refractivity contribution in [3.63, 3.8) is 0 Å². The summed E-state index contributed by atoms with van der Waals surface area (Å²) >= 11 is 2.18. The Bertz CT molecular complexity index is 503. The van der Waals surface area contributed by atoms with E-state index in [4.69, 9.17) is 4.74 Å². The van der Waals surface area contributed by atoms with Gasteiger partial charge in [0.15, 0.2) is 0 Å². The molecule has 21 heavy (non-hydrogen) atoms. The molecule has 1 aromatic rings. The number of carbonyl (C=O) groups excluding carboxylic acids is 2. The molecule has 0 aliphatic heterocycles. The Morgan fingerprint density at radius 3 is 2.10 bits per heavy atom. The van der Waals surface area contributed by atoms with Gasteiger partial charge in [-0.15, -0.1) is 0 Å². The van der Waals surface area contributed by atoms with Gasteiger partial charge in [-0.1, -0.05) is 13.8 Å². The van der Waals surface area contributed by atoms with Crippen molar-refractivity contribution in [2.75, 3.05) is 0 Å². The normalized spacial score (nSPS) is 12.9. The number of carbonyl (C=O) groups is 2. The van der Waals surface area contributed by atoms with Gasteiger partial charge in [-0.05, 0) is 73.5 Å². The number of rotatable bonds is 4. The molecule has 0 radical (unpaired) electrons. The fourth-order valence-electron chi connectivity index (χ4n) is 1.69. The smallest absolute Gasteiger partial charge is 0.329 e. The first-order valence-electron chi connectivity index (χ1n) is 6.89. The molecule has 1 aromatic carbocycles. The van der Waals surface area contributed by atoms with Crippen LogP contribution in [-0.4, -0.2) is 23.5 Å². The quantitative estimate of drug-likeness (QED) is 0.620. The van der Waals surface area contributed by atoms with Crippen molar-refractivity contribution in [3.8, 4) is 0 Å². The molecular formula is C16H22INO3. The Kier molecular flexibility index (Phi) is 6.19. The van der Waals surface area contributed by atoms with E-state index in [0.717, 1.165) is 3.57 Å². The van der Waals surface area contributed by atoms with E-state index in [2.05, 4.69) is 27.9 Å². The van der Waals surface area contributed by atoms with Crippen LogP contribution in [0, 0.1) is 9.49 Å². The maximum absolute atomic E-state index is 12.2. The molecule has 1 amide bonds. The monoisotopic (exact) mass is 403 g/mol. The van der Waals surface area contributed by atoms with Crippen LogP contribution in [0.1, 0.15) is 45.0 Å². The number of amides is 1. The molecular weight excluding hydrogens is 381 g/mol. The summed E-state index contributed by atoms with van der Waals surface area (Å²) in [5, 5.41) is 2.76. The van der Waals surface area contributed by atoms with Gasteiger partial charge in [-0.3, -0.25) is 4.79 Å².